The molecule has 0 amide bonds. The average Bonchev–Trinajstić information content (AvgIpc) is 3.02. The molecule has 0 aliphatic heterocycles. The number of aromatic nitrogens is 2. The number of aliphatic imine (C=N–C) groups is 1. The number of halogens is 1. The van der Waals surface area contributed by atoms with Gasteiger partial charge in [0.15, 0.2) is 15.8 Å². The van der Waals surface area contributed by atoms with Gasteiger partial charge in [-0.15, -0.1) is 24.0 Å². The third-order valence-electron chi connectivity index (χ3n) is 4.60. The molecule has 2 rings (SSSR count). The Labute approximate surface area is 197 Å². The molecule has 2 N–H and O–H groups in total. The van der Waals surface area contributed by atoms with Crippen molar-refractivity contribution in [2.24, 2.45) is 4.99 Å². The lowest BCUT2D eigenvalue weighted by Gasteiger charge is -2.20. The summed E-state index contributed by atoms with van der Waals surface area (Å²) in [5, 5.41) is 11.0. The van der Waals surface area contributed by atoms with Gasteiger partial charge in [-0.1, -0.05) is 25.1 Å². The van der Waals surface area contributed by atoms with Crippen LogP contribution in [0, 0.1) is 13.8 Å². The molecule has 0 saturated carbocycles. The molecule has 0 radical (unpaired) electrons. The Bertz CT molecular complexity index is 897. The van der Waals surface area contributed by atoms with Gasteiger partial charge in [-0.3, -0.25) is 9.67 Å². The molecule has 0 aliphatic rings. The minimum Gasteiger partial charge on any atom is -0.357 e. The highest BCUT2D eigenvalue weighted by molar-refractivity contribution is 14.0. The summed E-state index contributed by atoms with van der Waals surface area (Å²) in [6.07, 6.45) is 1.54. The van der Waals surface area contributed by atoms with Gasteiger partial charge in [-0.05, 0) is 51.8 Å². The molecular weight excluding hydrogens is 513 g/mol. The Morgan fingerprint density at radius 3 is 2.47 bits per heavy atom. The van der Waals surface area contributed by atoms with Crippen LogP contribution in [0.15, 0.2) is 46.3 Å². The summed E-state index contributed by atoms with van der Waals surface area (Å²) in [6, 6.07) is 10.4. The van der Waals surface area contributed by atoms with E-state index in [9.17, 15) is 8.42 Å². The van der Waals surface area contributed by atoms with Gasteiger partial charge >= 0.3 is 0 Å². The van der Waals surface area contributed by atoms with Crippen molar-refractivity contribution in [2.45, 2.75) is 58.0 Å². The molecule has 1 atom stereocenters. The molecule has 1 aromatic carbocycles. The molecule has 2 aromatic rings. The molecule has 0 aliphatic carbocycles. The van der Waals surface area contributed by atoms with Crippen LogP contribution in [0.1, 0.15) is 38.1 Å². The fraction of sp³-hybridized carbons (Fsp3) is 0.524. The molecule has 7 nitrogen and oxygen atoms in total. The van der Waals surface area contributed by atoms with Crippen molar-refractivity contribution in [1.29, 1.82) is 0 Å². The molecule has 9 heteroatoms. The van der Waals surface area contributed by atoms with Gasteiger partial charge in [0, 0.05) is 31.4 Å². The largest absolute Gasteiger partial charge is 0.357 e. The van der Waals surface area contributed by atoms with Crippen molar-refractivity contribution >= 4 is 39.8 Å². The first-order chi connectivity index (χ1) is 13.9. The zero-order chi connectivity index (χ0) is 21.3. The summed E-state index contributed by atoms with van der Waals surface area (Å²) < 4.78 is 27.4. The van der Waals surface area contributed by atoms with Gasteiger partial charge in [0.1, 0.15) is 0 Å². The fourth-order valence-electron chi connectivity index (χ4n) is 3.08. The average molecular weight is 548 g/mol. The van der Waals surface area contributed by atoms with E-state index in [0.717, 1.165) is 24.4 Å². The van der Waals surface area contributed by atoms with Crippen LogP contribution >= 0.6 is 24.0 Å². The van der Waals surface area contributed by atoms with E-state index in [-0.39, 0.29) is 35.8 Å². The van der Waals surface area contributed by atoms with Crippen LogP contribution in [0.2, 0.25) is 0 Å². The zero-order valence-electron chi connectivity index (χ0n) is 18.3. The van der Waals surface area contributed by atoms with Crippen LogP contribution in [-0.2, 0) is 16.4 Å². The van der Waals surface area contributed by atoms with Crippen LogP contribution in [-0.4, -0.2) is 49.0 Å². The maximum absolute atomic E-state index is 12.7. The SMILES string of the molecule is CCNC(=NCCCn1nc(C)cc1C)NC(CC)CS(=O)(=O)c1ccccc1.I. The van der Waals surface area contributed by atoms with Crippen LogP contribution in [0.5, 0.6) is 0 Å². The van der Waals surface area contributed by atoms with Crippen LogP contribution in [0.25, 0.3) is 0 Å². The highest BCUT2D eigenvalue weighted by Crippen LogP contribution is 2.12. The van der Waals surface area contributed by atoms with Gasteiger partial charge < -0.3 is 10.6 Å². The Hall–Kier alpha value is -1.62. The first-order valence-electron chi connectivity index (χ1n) is 10.2. The summed E-state index contributed by atoms with van der Waals surface area (Å²) in [6.45, 7) is 10.2. The normalized spacial score (nSPS) is 12.9. The highest BCUT2D eigenvalue weighted by atomic mass is 127. The topological polar surface area (TPSA) is 88.4 Å². The number of nitrogens with zero attached hydrogens (tertiary/aromatic N) is 3. The molecule has 0 fully saturated rings. The minimum atomic E-state index is -3.35. The van der Waals surface area contributed by atoms with Crippen molar-refractivity contribution in [3.05, 3.63) is 47.8 Å². The first-order valence-corrected chi connectivity index (χ1v) is 11.8. The number of nitrogens with one attached hydrogen (secondary N) is 2. The second-order valence-corrected chi connectivity index (χ2v) is 9.14. The predicted molar refractivity (Wildman–Crippen MR) is 133 cm³/mol. The summed E-state index contributed by atoms with van der Waals surface area (Å²) in [7, 11) is -3.35. The Morgan fingerprint density at radius 2 is 1.90 bits per heavy atom. The van der Waals surface area contributed by atoms with Gasteiger partial charge in [-0.25, -0.2) is 8.42 Å². The number of rotatable bonds is 10. The van der Waals surface area contributed by atoms with Gasteiger partial charge in [0.25, 0.3) is 0 Å². The molecule has 0 bridgehead atoms. The van der Waals surface area contributed by atoms with E-state index in [2.05, 4.69) is 26.8 Å². The van der Waals surface area contributed by atoms with Crippen LogP contribution in [0.4, 0.5) is 0 Å². The molecular formula is C21H34IN5O2S. The second kappa shape index (κ2) is 12.9. The summed E-state index contributed by atoms with van der Waals surface area (Å²) in [5.41, 5.74) is 2.17. The summed E-state index contributed by atoms with van der Waals surface area (Å²) >= 11 is 0. The lowest BCUT2D eigenvalue weighted by atomic mass is 10.2. The number of benzene rings is 1. The number of aryl methyl sites for hydroxylation is 3. The standard InChI is InChI=1S/C21H33N5O2S.HI/c1-5-19(16-29(27,28)20-11-8-7-9-12-20)24-21(22-6-2)23-13-10-14-26-18(4)15-17(3)25-26;/h7-9,11-12,15,19H,5-6,10,13-14,16H2,1-4H3,(H2,22,23,24);1H. The second-order valence-electron chi connectivity index (χ2n) is 7.11. The molecule has 1 heterocycles. The number of hydrogen-bond acceptors (Lipinski definition) is 4. The molecule has 0 spiro atoms. The maximum Gasteiger partial charge on any atom is 0.191 e. The van der Waals surface area contributed by atoms with E-state index in [4.69, 9.17) is 0 Å². The third-order valence-corrected chi connectivity index (χ3v) is 6.43. The summed E-state index contributed by atoms with van der Waals surface area (Å²) in [4.78, 5) is 4.97. The van der Waals surface area contributed by atoms with Crippen molar-refractivity contribution in [3.8, 4) is 0 Å². The van der Waals surface area contributed by atoms with E-state index < -0.39 is 9.84 Å². The third kappa shape index (κ3) is 8.25. The van der Waals surface area contributed by atoms with Gasteiger partial charge in [-0.2, -0.15) is 5.10 Å². The van der Waals surface area contributed by atoms with E-state index in [1.165, 1.54) is 0 Å². The summed E-state index contributed by atoms with van der Waals surface area (Å²) in [5.74, 6) is 0.680. The number of sulfone groups is 1. The first kappa shape index (κ1) is 26.4. The molecule has 1 aromatic heterocycles. The van der Waals surface area contributed by atoms with E-state index in [1.807, 2.05) is 38.4 Å². The Balaban J connectivity index is 0.00000450. The van der Waals surface area contributed by atoms with Crippen molar-refractivity contribution in [1.82, 2.24) is 20.4 Å². The van der Waals surface area contributed by atoms with Crippen LogP contribution in [0.3, 0.4) is 0 Å². The molecule has 30 heavy (non-hydrogen) atoms. The van der Waals surface area contributed by atoms with Gasteiger partial charge in [0.05, 0.1) is 16.3 Å². The lowest BCUT2D eigenvalue weighted by molar-refractivity contribution is 0.560. The van der Waals surface area contributed by atoms with Crippen molar-refractivity contribution in [2.75, 3.05) is 18.8 Å². The van der Waals surface area contributed by atoms with E-state index in [1.54, 1.807) is 24.3 Å². The zero-order valence-corrected chi connectivity index (χ0v) is 21.4. The maximum atomic E-state index is 12.7. The number of hydrogen-bond donors (Lipinski definition) is 2. The van der Waals surface area contributed by atoms with E-state index in [0.29, 0.717) is 30.4 Å². The van der Waals surface area contributed by atoms with Crippen molar-refractivity contribution < 1.29 is 8.42 Å². The fourth-order valence-corrected chi connectivity index (χ4v) is 4.69. The Kier molecular flexibility index (Phi) is 11.4. The highest BCUT2D eigenvalue weighted by Gasteiger charge is 2.20. The Morgan fingerprint density at radius 1 is 1.20 bits per heavy atom. The molecule has 0 saturated heterocycles. The van der Waals surface area contributed by atoms with Crippen LogP contribution < -0.4 is 10.6 Å². The minimum absolute atomic E-state index is 0. The van der Waals surface area contributed by atoms with Crippen molar-refractivity contribution in [3.63, 3.8) is 0 Å². The monoisotopic (exact) mass is 547 g/mol. The van der Waals surface area contributed by atoms with E-state index >= 15 is 0 Å². The lowest BCUT2D eigenvalue weighted by Crippen LogP contribution is -2.46. The smallest absolute Gasteiger partial charge is 0.191 e. The van der Waals surface area contributed by atoms with Gasteiger partial charge in [0.2, 0.25) is 0 Å². The molecule has 1 unspecified atom stereocenters. The predicted octanol–water partition coefficient (Wildman–Crippen LogP) is 3.32. The number of guanidine groups is 1. The quantitative estimate of drug-likeness (QED) is 0.206. The molecule has 168 valence electrons.